The molecule has 2 aliphatic carbocycles. The second kappa shape index (κ2) is 6.64. The average Bonchev–Trinajstić information content (AvgIpc) is 2.66. The molecule has 0 bridgehead atoms. The van der Waals surface area contributed by atoms with Crippen LogP contribution in [0.2, 0.25) is 5.02 Å². The first-order valence-corrected chi connectivity index (χ1v) is 9.37. The molecule has 3 heteroatoms. The zero-order chi connectivity index (χ0) is 15.6. The molecule has 0 aromatic heterocycles. The maximum absolute atomic E-state index is 12.8. The molecule has 0 radical (unpaired) electrons. The number of Topliss-reactive ketones (excluding diaryl/α,β-unsaturated/α-hetero) is 1. The molecule has 0 aliphatic heterocycles. The summed E-state index contributed by atoms with van der Waals surface area (Å²) in [7, 11) is 0. The van der Waals surface area contributed by atoms with Gasteiger partial charge in [0, 0.05) is 27.3 Å². The van der Waals surface area contributed by atoms with Crippen molar-refractivity contribution in [2.75, 3.05) is 5.75 Å². The van der Waals surface area contributed by atoms with Gasteiger partial charge in [-0.05, 0) is 42.7 Å². The van der Waals surface area contributed by atoms with E-state index < -0.39 is 0 Å². The topological polar surface area (TPSA) is 17.1 Å². The molecule has 0 fully saturated rings. The molecule has 116 valence electrons. The van der Waals surface area contributed by atoms with Crippen LogP contribution in [0.15, 0.2) is 41.3 Å². The third-order valence-electron chi connectivity index (χ3n) is 4.54. The number of carbonyl (C=O) groups excluding carboxylic acids is 1. The van der Waals surface area contributed by atoms with Crippen LogP contribution in [0.25, 0.3) is 5.57 Å². The van der Waals surface area contributed by atoms with Crippen LogP contribution in [0.4, 0.5) is 0 Å². The van der Waals surface area contributed by atoms with Crippen LogP contribution in [-0.2, 0) is 4.79 Å². The van der Waals surface area contributed by atoms with Crippen LogP contribution >= 0.6 is 23.4 Å². The maximum Gasteiger partial charge on any atom is 0.165 e. The first-order chi connectivity index (χ1) is 10.7. The highest BCUT2D eigenvalue weighted by molar-refractivity contribution is 8.03. The van der Waals surface area contributed by atoms with E-state index in [4.69, 9.17) is 11.6 Å². The number of halogens is 1. The molecular weight excluding hydrogens is 312 g/mol. The van der Waals surface area contributed by atoms with Crippen molar-refractivity contribution in [1.82, 2.24) is 0 Å². The predicted molar refractivity (Wildman–Crippen MR) is 96.2 cm³/mol. The van der Waals surface area contributed by atoms with Gasteiger partial charge in [-0.1, -0.05) is 49.2 Å². The summed E-state index contributed by atoms with van der Waals surface area (Å²) in [6.45, 7) is 2.16. The first kappa shape index (κ1) is 15.9. The van der Waals surface area contributed by atoms with Crippen molar-refractivity contribution in [3.63, 3.8) is 0 Å². The quantitative estimate of drug-likeness (QED) is 0.641. The average molecular weight is 333 g/mol. The van der Waals surface area contributed by atoms with Crippen molar-refractivity contribution in [1.29, 1.82) is 0 Å². The summed E-state index contributed by atoms with van der Waals surface area (Å²) in [6.07, 6.45) is 9.88. The predicted octanol–water partition coefficient (Wildman–Crippen LogP) is 5.89. The molecule has 1 aromatic rings. The van der Waals surface area contributed by atoms with Crippen LogP contribution in [0.3, 0.4) is 0 Å². The molecule has 1 unspecified atom stereocenters. The molecule has 0 saturated carbocycles. The van der Waals surface area contributed by atoms with Gasteiger partial charge in [-0.25, -0.2) is 0 Å². The van der Waals surface area contributed by atoms with Gasteiger partial charge in [-0.3, -0.25) is 4.79 Å². The Kier molecular flexibility index (Phi) is 4.79. The number of ketones is 1. The lowest BCUT2D eigenvalue weighted by Gasteiger charge is -2.27. The molecule has 22 heavy (non-hydrogen) atoms. The van der Waals surface area contributed by atoms with Crippen molar-refractivity contribution < 1.29 is 4.79 Å². The number of rotatable bonds is 3. The highest BCUT2D eigenvalue weighted by Crippen LogP contribution is 2.54. The minimum absolute atomic E-state index is 0.0524. The van der Waals surface area contributed by atoms with E-state index >= 15 is 0 Å². The lowest BCUT2D eigenvalue weighted by atomic mass is 9.83. The van der Waals surface area contributed by atoms with Gasteiger partial charge in [0.15, 0.2) is 5.78 Å². The monoisotopic (exact) mass is 332 g/mol. The highest BCUT2D eigenvalue weighted by atomic mass is 35.5. The summed E-state index contributed by atoms with van der Waals surface area (Å²) in [6, 6.07) is 7.70. The lowest BCUT2D eigenvalue weighted by Crippen LogP contribution is -2.16. The van der Waals surface area contributed by atoms with Crippen LogP contribution in [-0.4, -0.2) is 11.5 Å². The van der Waals surface area contributed by atoms with Gasteiger partial charge in [-0.2, -0.15) is 0 Å². The summed E-state index contributed by atoms with van der Waals surface area (Å²) in [5, 5.41) is 0.712. The maximum atomic E-state index is 12.8. The molecule has 0 amide bonds. The van der Waals surface area contributed by atoms with Crippen LogP contribution in [0, 0.1) is 5.41 Å². The van der Waals surface area contributed by atoms with Gasteiger partial charge in [0.25, 0.3) is 0 Å². The normalized spacial score (nSPS) is 25.1. The Balaban J connectivity index is 2.11. The number of benzene rings is 1. The summed E-state index contributed by atoms with van der Waals surface area (Å²) in [4.78, 5) is 14.1. The van der Waals surface area contributed by atoms with Crippen molar-refractivity contribution in [3.8, 4) is 0 Å². The van der Waals surface area contributed by atoms with E-state index in [1.807, 2.05) is 36.0 Å². The Morgan fingerprint density at radius 1 is 1.23 bits per heavy atom. The Bertz CT molecular complexity index is 629. The number of carbonyl (C=O) groups is 1. The van der Waals surface area contributed by atoms with E-state index in [0.29, 0.717) is 11.4 Å². The Hall–Kier alpha value is -0.990. The van der Waals surface area contributed by atoms with Gasteiger partial charge in [0.2, 0.25) is 0 Å². The summed E-state index contributed by atoms with van der Waals surface area (Å²) >= 11 is 7.84. The fourth-order valence-electron chi connectivity index (χ4n) is 3.53. The van der Waals surface area contributed by atoms with Gasteiger partial charge < -0.3 is 0 Å². The first-order valence-electron chi connectivity index (χ1n) is 8.01. The molecule has 2 aliphatic rings. The third-order valence-corrected chi connectivity index (χ3v) is 5.98. The number of hydrogen-bond acceptors (Lipinski definition) is 2. The minimum Gasteiger partial charge on any atom is -0.294 e. The fraction of sp³-hybridized carbons (Fsp3) is 0.421. The van der Waals surface area contributed by atoms with E-state index in [9.17, 15) is 4.79 Å². The van der Waals surface area contributed by atoms with Crippen molar-refractivity contribution in [2.45, 2.75) is 39.0 Å². The second-order valence-electron chi connectivity index (χ2n) is 6.05. The van der Waals surface area contributed by atoms with Crippen molar-refractivity contribution in [3.05, 3.63) is 51.9 Å². The zero-order valence-electron chi connectivity index (χ0n) is 12.9. The smallest absolute Gasteiger partial charge is 0.165 e. The number of thioether (sulfide) groups is 1. The fourth-order valence-corrected chi connectivity index (χ4v) is 4.85. The molecular formula is C19H21ClOS. The van der Waals surface area contributed by atoms with Gasteiger partial charge in [0.1, 0.15) is 0 Å². The Labute approximate surface area is 141 Å². The Morgan fingerprint density at radius 3 is 2.73 bits per heavy atom. The molecule has 0 saturated heterocycles. The SMILES string of the molecule is CCSC1=C(c2ccc(Cl)cc2)C(=O)CC12C=CCCCC2. The van der Waals surface area contributed by atoms with Gasteiger partial charge in [-0.15, -0.1) is 11.8 Å². The summed E-state index contributed by atoms with van der Waals surface area (Å²) < 4.78 is 0. The molecule has 1 spiro atoms. The summed E-state index contributed by atoms with van der Waals surface area (Å²) in [5.41, 5.74) is 1.89. The van der Waals surface area contributed by atoms with Crippen LogP contribution in [0.1, 0.15) is 44.6 Å². The van der Waals surface area contributed by atoms with Crippen LogP contribution < -0.4 is 0 Å². The standard InChI is InChI=1S/C19H21ClOS/c1-2-22-18-17(14-7-9-15(20)10-8-14)16(21)13-19(18)11-5-3-4-6-12-19/h5,7-11H,2-4,6,12-13H2,1H3. The van der Waals surface area contributed by atoms with E-state index in [0.717, 1.165) is 29.7 Å². The van der Waals surface area contributed by atoms with Gasteiger partial charge in [0.05, 0.1) is 0 Å². The lowest BCUT2D eigenvalue weighted by molar-refractivity contribution is -0.114. The van der Waals surface area contributed by atoms with Crippen molar-refractivity contribution in [2.24, 2.45) is 5.41 Å². The van der Waals surface area contributed by atoms with Crippen molar-refractivity contribution >= 4 is 34.7 Å². The minimum atomic E-state index is -0.0524. The van der Waals surface area contributed by atoms with Crippen LogP contribution in [0.5, 0.6) is 0 Å². The Morgan fingerprint density at radius 2 is 2.00 bits per heavy atom. The van der Waals surface area contributed by atoms with Gasteiger partial charge >= 0.3 is 0 Å². The highest BCUT2D eigenvalue weighted by Gasteiger charge is 2.44. The molecule has 1 aromatic carbocycles. The molecule has 3 rings (SSSR count). The summed E-state index contributed by atoms with van der Waals surface area (Å²) in [5.74, 6) is 1.28. The molecule has 1 nitrogen and oxygen atoms in total. The van der Waals surface area contributed by atoms with E-state index in [1.165, 1.54) is 17.7 Å². The number of hydrogen-bond donors (Lipinski definition) is 0. The van der Waals surface area contributed by atoms with E-state index in [-0.39, 0.29) is 11.2 Å². The third kappa shape index (κ3) is 2.91. The van der Waals surface area contributed by atoms with E-state index in [2.05, 4.69) is 19.1 Å². The molecule has 0 heterocycles. The largest absolute Gasteiger partial charge is 0.294 e. The molecule has 0 N–H and O–H groups in total. The number of allylic oxidation sites excluding steroid dienone is 4. The molecule has 1 atom stereocenters. The van der Waals surface area contributed by atoms with E-state index in [1.54, 1.807) is 0 Å². The second-order valence-corrected chi connectivity index (χ2v) is 7.76. The zero-order valence-corrected chi connectivity index (χ0v) is 14.5.